The second-order valence-corrected chi connectivity index (χ2v) is 6.06. The minimum Gasteiger partial charge on any atom is -0.387 e. The van der Waals surface area contributed by atoms with Crippen molar-refractivity contribution in [3.05, 3.63) is 29.3 Å². The van der Waals surface area contributed by atoms with Gasteiger partial charge < -0.3 is 10.6 Å². The molecule has 3 nitrogen and oxygen atoms in total. The van der Waals surface area contributed by atoms with Gasteiger partial charge in [0.25, 0.3) is 5.91 Å². The predicted molar refractivity (Wildman–Crippen MR) is 78.8 cm³/mol. The number of halogens is 3. The lowest BCUT2D eigenvalue weighted by Crippen LogP contribution is -2.37. The van der Waals surface area contributed by atoms with Gasteiger partial charge >= 0.3 is 6.18 Å². The van der Waals surface area contributed by atoms with E-state index in [-0.39, 0.29) is 17.3 Å². The second-order valence-electron chi connectivity index (χ2n) is 4.84. The van der Waals surface area contributed by atoms with E-state index in [1.165, 1.54) is 19.2 Å². The van der Waals surface area contributed by atoms with Crippen LogP contribution in [0, 0.1) is 0 Å². The van der Waals surface area contributed by atoms with Gasteiger partial charge in [0.1, 0.15) is 0 Å². The number of anilines is 1. The van der Waals surface area contributed by atoms with Crippen LogP contribution in [0.25, 0.3) is 0 Å². The van der Waals surface area contributed by atoms with Crippen molar-refractivity contribution in [3.8, 4) is 0 Å². The SMILES string of the molecule is CNc1c(C(=O)NC2CCSCC2)cccc1C(F)(F)F. The summed E-state index contributed by atoms with van der Waals surface area (Å²) in [5.41, 5.74) is -0.963. The summed E-state index contributed by atoms with van der Waals surface area (Å²) in [5.74, 6) is 1.47. The van der Waals surface area contributed by atoms with Crippen LogP contribution in [-0.2, 0) is 6.18 Å². The van der Waals surface area contributed by atoms with E-state index in [1.807, 2.05) is 11.8 Å². The summed E-state index contributed by atoms with van der Waals surface area (Å²) in [4.78, 5) is 12.2. The van der Waals surface area contributed by atoms with Crippen molar-refractivity contribution in [3.63, 3.8) is 0 Å². The van der Waals surface area contributed by atoms with Gasteiger partial charge in [-0.3, -0.25) is 4.79 Å². The van der Waals surface area contributed by atoms with Gasteiger partial charge in [0.15, 0.2) is 0 Å². The highest BCUT2D eigenvalue weighted by atomic mass is 32.2. The molecule has 1 aliphatic rings. The molecule has 0 radical (unpaired) electrons. The molecular formula is C14H17F3N2OS. The summed E-state index contributed by atoms with van der Waals surface area (Å²) >= 11 is 1.82. The zero-order valence-electron chi connectivity index (χ0n) is 11.6. The Kier molecular flexibility index (Phi) is 5.03. The highest BCUT2D eigenvalue weighted by Gasteiger charge is 2.35. The highest BCUT2D eigenvalue weighted by Crippen LogP contribution is 2.36. The lowest BCUT2D eigenvalue weighted by Gasteiger charge is -2.23. The van der Waals surface area contributed by atoms with Crippen molar-refractivity contribution in [1.29, 1.82) is 0 Å². The molecule has 7 heteroatoms. The first-order valence-electron chi connectivity index (χ1n) is 6.70. The Balaban J connectivity index is 2.24. The molecule has 0 spiro atoms. The summed E-state index contributed by atoms with van der Waals surface area (Å²) in [7, 11) is 1.39. The van der Waals surface area contributed by atoms with Crippen molar-refractivity contribution in [2.24, 2.45) is 0 Å². The second kappa shape index (κ2) is 6.60. The molecule has 2 N–H and O–H groups in total. The number of carbonyl (C=O) groups excluding carboxylic acids is 1. The third-order valence-electron chi connectivity index (χ3n) is 3.42. The van der Waals surface area contributed by atoms with E-state index in [4.69, 9.17) is 0 Å². The van der Waals surface area contributed by atoms with Gasteiger partial charge in [-0.2, -0.15) is 24.9 Å². The Morgan fingerprint density at radius 2 is 1.95 bits per heavy atom. The van der Waals surface area contributed by atoms with E-state index < -0.39 is 17.6 Å². The van der Waals surface area contributed by atoms with Gasteiger partial charge in [0, 0.05) is 13.1 Å². The molecule has 1 saturated heterocycles. The Morgan fingerprint density at radius 3 is 2.52 bits per heavy atom. The molecule has 0 aromatic heterocycles. The number of nitrogens with one attached hydrogen (secondary N) is 2. The Labute approximate surface area is 125 Å². The largest absolute Gasteiger partial charge is 0.418 e. The first-order chi connectivity index (χ1) is 9.93. The topological polar surface area (TPSA) is 41.1 Å². The maximum Gasteiger partial charge on any atom is 0.418 e. The molecule has 21 heavy (non-hydrogen) atoms. The van der Waals surface area contributed by atoms with E-state index in [0.29, 0.717) is 0 Å². The number of hydrogen-bond acceptors (Lipinski definition) is 3. The van der Waals surface area contributed by atoms with E-state index >= 15 is 0 Å². The van der Waals surface area contributed by atoms with Crippen LogP contribution in [0.1, 0.15) is 28.8 Å². The van der Waals surface area contributed by atoms with Crippen molar-refractivity contribution < 1.29 is 18.0 Å². The third-order valence-corrected chi connectivity index (χ3v) is 4.47. The summed E-state index contributed by atoms with van der Waals surface area (Å²) in [6.45, 7) is 0. The van der Waals surface area contributed by atoms with Gasteiger partial charge in [-0.25, -0.2) is 0 Å². The van der Waals surface area contributed by atoms with Crippen LogP contribution in [0.5, 0.6) is 0 Å². The average Bonchev–Trinajstić information content (AvgIpc) is 2.46. The molecule has 0 aliphatic carbocycles. The van der Waals surface area contributed by atoms with Crippen molar-refractivity contribution in [1.82, 2.24) is 5.32 Å². The van der Waals surface area contributed by atoms with Gasteiger partial charge in [-0.1, -0.05) is 6.07 Å². The molecule has 1 aromatic rings. The van der Waals surface area contributed by atoms with E-state index in [0.717, 1.165) is 30.4 Å². The zero-order chi connectivity index (χ0) is 15.5. The van der Waals surface area contributed by atoms with E-state index in [9.17, 15) is 18.0 Å². The maximum absolute atomic E-state index is 13.0. The Hall–Kier alpha value is -1.37. The zero-order valence-corrected chi connectivity index (χ0v) is 12.4. The molecule has 1 aliphatic heterocycles. The molecule has 1 aromatic carbocycles. The monoisotopic (exact) mass is 318 g/mol. The molecule has 1 heterocycles. The molecule has 2 rings (SSSR count). The van der Waals surface area contributed by atoms with Crippen molar-refractivity contribution in [2.75, 3.05) is 23.9 Å². The summed E-state index contributed by atoms with van der Waals surface area (Å²) < 4.78 is 38.9. The predicted octanol–water partition coefficient (Wildman–Crippen LogP) is 3.37. The van der Waals surface area contributed by atoms with E-state index in [1.54, 1.807) is 0 Å². The molecule has 116 valence electrons. The number of alkyl halides is 3. The lowest BCUT2D eigenvalue weighted by atomic mass is 10.0. The van der Waals surface area contributed by atoms with Crippen LogP contribution in [-0.4, -0.2) is 30.5 Å². The molecular weight excluding hydrogens is 301 g/mol. The number of hydrogen-bond donors (Lipinski definition) is 2. The molecule has 1 amide bonds. The fourth-order valence-corrected chi connectivity index (χ4v) is 3.46. The van der Waals surface area contributed by atoms with Crippen LogP contribution in [0.2, 0.25) is 0 Å². The molecule has 0 unspecified atom stereocenters. The first-order valence-corrected chi connectivity index (χ1v) is 7.85. The lowest BCUT2D eigenvalue weighted by molar-refractivity contribution is -0.136. The molecule has 0 atom stereocenters. The van der Waals surface area contributed by atoms with E-state index in [2.05, 4.69) is 10.6 Å². The molecule has 0 bridgehead atoms. The fraction of sp³-hybridized carbons (Fsp3) is 0.500. The van der Waals surface area contributed by atoms with Crippen LogP contribution in [0.4, 0.5) is 18.9 Å². The Bertz CT molecular complexity index is 513. The molecule has 0 saturated carbocycles. The number of thioether (sulfide) groups is 1. The number of benzene rings is 1. The van der Waals surface area contributed by atoms with Crippen LogP contribution in [0.15, 0.2) is 18.2 Å². The molecule has 1 fully saturated rings. The first kappa shape index (κ1) is 16.0. The Morgan fingerprint density at radius 1 is 1.29 bits per heavy atom. The summed E-state index contributed by atoms with van der Waals surface area (Å²) in [5, 5.41) is 5.33. The minimum absolute atomic E-state index is 0.0329. The third kappa shape index (κ3) is 3.84. The quantitative estimate of drug-likeness (QED) is 0.898. The standard InChI is InChI=1S/C14H17F3N2OS/c1-18-12-10(3-2-4-11(12)14(15,16)17)13(20)19-9-5-7-21-8-6-9/h2-4,9,18H,5-8H2,1H3,(H,19,20). The van der Waals surface area contributed by atoms with Crippen LogP contribution < -0.4 is 10.6 Å². The van der Waals surface area contributed by atoms with Crippen molar-refractivity contribution in [2.45, 2.75) is 25.1 Å². The number of para-hydroxylation sites is 1. The average molecular weight is 318 g/mol. The maximum atomic E-state index is 13.0. The minimum atomic E-state index is -4.49. The van der Waals surface area contributed by atoms with Crippen LogP contribution >= 0.6 is 11.8 Å². The summed E-state index contributed by atoms with van der Waals surface area (Å²) in [6, 6.07) is 3.68. The van der Waals surface area contributed by atoms with Gasteiger partial charge in [0.05, 0.1) is 16.8 Å². The number of rotatable bonds is 3. The highest BCUT2D eigenvalue weighted by molar-refractivity contribution is 7.99. The van der Waals surface area contributed by atoms with Gasteiger partial charge in [-0.15, -0.1) is 0 Å². The van der Waals surface area contributed by atoms with Gasteiger partial charge in [0.2, 0.25) is 0 Å². The summed E-state index contributed by atoms with van der Waals surface area (Å²) in [6.07, 6.45) is -2.79. The van der Waals surface area contributed by atoms with Crippen molar-refractivity contribution >= 4 is 23.4 Å². The normalized spacial score (nSPS) is 16.6. The van der Waals surface area contributed by atoms with Crippen LogP contribution in [0.3, 0.4) is 0 Å². The fourth-order valence-electron chi connectivity index (χ4n) is 2.35. The number of carbonyl (C=O) groups is 1. The van der Waals surface area contributed by atoms with Gasteiger partial charge in [-0.05, 0) is 36.5 Å². The number of amides is 1. The smallest absolute Gasteiger partial charge is 0.387 e.